The van der Waals surface area contributed by atoms with E-state index < -0.39 is 0 Å². The SMILES string of the molecule is CCN(C)C(=O)[N]C(C)(C)C. The fourth-order valence-corrected chi connectivity index (χ4v) is 0.508. The predicted molar refractivity (Wildman–Crippen MR) is 45.6 cm³/mol. The zero-order chi connectivity index (χ0) is 9.07. The lowest BCUT2D eigenvalue weighted by atomic mass is 10.1. The maximum absolute atomic E-state index is 11.1. The third kappa shape index (κ3) is 4.65. The van der Waals surface area contributed by atoms with Gasteiger partial charge in [0.15, 0.2) is 0 Å². The van der Waals surface area contributed by atoms with Gasteiger partial charge in [0.05, 0.1) is 5.54 Å². The molecule has 3 heteroatoms. The summed E-state index contributed by atoms with van der Waals surface area (Å²) in [6.45, 7) is 8.37. The van der Waals surface area contributed by atoms with Gasteiger partial charge in [-0.15, -0.1) is 0 Å². The van der Waals surface area contributed by atoms with Crippen molar-refractivity contribution in [1.29, 1.82) is 0 Å². The second-order valence-corrected chi connectivity index (χ2v) is 3.58. The summed E-state index contributed by atoms with van der Waals surface area (Å²) in [6, 6.07) is -0.139. The van der Waals surface area contributed by atoms with E-state index in [1.165, 1.54) is 0 Å². The fourth-order valence-electron chi connectivity index (χ4n) is 0.508. The van der Waals surface area contributed by atoms with Gasteiger partial charge in [0.1, 0.15) is 0 Å². The van der Waals surface area contributed by atoms with Crippen molar-refractivity contribution in [2.45, 2.75) is 33.2 Å². The predicted octanol–water partition coefficient (Wildman–Crippen LogP) is 1.46. The van der Waals surface area contributed by atoms with Crippen LogP contribution < -0.4 is 5.32 Å². The second kappa shape index (κ2) is 3.60. The zero-order valence-corrected chi connectivity index (χ0v) is 8.01. The standard InChI is InChI=1S/C8H17N2O/c1-6-10(5)7(11)9-8(2,3)4/h6H2,1-5H3. The molecule has 65 valence electrons. The third-order valence-electron chi connectivity index (χ3n) is 1.23. The minimum Gasteiger partial charge on any atom is -0.327 e. The van der Waals surface area contributed by atoms with Gasteiger partial charge < -0.3 is 4.90 Å². The molecule has 0 aliphatic carbocycles. The summed E-state index contributed by atoms with van der Waals surface area (Å²) in [5.41, 5.74) is -0.263. The highest BCUT2D eigenvalue weighted by Crippen LogP contribution is 2.02. The highest BCUT2D eigenvalue weighted by Gasteiger charge is 2.18. The Hall–Kier alpha value is -0.730. The average Bonchev–Trinajstić information content (AvgIpc) is 1.82. The fraction of sp³-hybridized carbons (Fsp3) is 0.875. The molecule has 0 aromatic carbocycles. The molecule has 2 amide bonds. The molecule has 0 aliphatic heterocycles. The van der Waals surface area contributed by atoms with Crippen LogP contribution in [0.5, 0.6) is 0 Å². The molecule has 0 atom stereocenters. The maximum atomic E-state index is 11.1. The van der Waals surface area contributed by atoms with E-state index in [-0.39, 0.29) is 11.6 Å². The lowest BCUT2D eigenvalue weighted by Gasteiger charge is -2.21. The molecule has 0 N–H and O–H groups in total. The van der Waals surface area contributed by atoms with E-state index in [1.54, 1.807) is 11.9 Å². The van der Waals surface area contributed by atoms with Gasteiger partial charge in [-0.2, -0.15) is 0 Å². The second-order valence-electron chi connectivity index (χ2n) is 3.58. The number of carbonyl (C=O) groups excluding carboxylic acids is 1. The monoisotopic (exact) mass is 157 g/mol. The number of hydrogen-bond donors (Lipinski definition) is 0. The van der Waals surface area contributed by atoms with Crippen LogP contribution in [0.4, 0.5) is 4.79 Å². The molecule has 11 heavy (non-hydrogen) atoms. The van der Waals surface area contributed by atoms with Crippen molar-refractivity contribution in [3.05, 3.63) is 0 Å². The van der Waals surface area contributed by atoms with Crippen LogP contribution in [0.1, 0.15) is 27.7 Å². The zero-order valence-electron chi connectivity index (χ0n) is 8.01. The molecule has 0 unspecified atom stereocenters. The molecule has 3 nitrogen and oxygen atoms in total. The molecule has 0 rings (SSSR count). The van der Waals surface area contributed by atoms with Crippen molar-refractivity contribution in [2.24, 2.45) is 0 Å². The van der Waals surface area contributed by atoms with Crippen molar-refractivity contribution in [3.8, 4) is 0 Å². The van der Waals surface area contributed by atoms with Crippen molar-refractivity contribution < 1.29 is 4.79 Å². The number of hydrogen-bond acceptors (Lipinski definition) is 1. The molecule has 0 aliphatic rings. The van der Waals surface area contributed by atoms with Crippen molar-refractivity contribution in [2.75, 3.05) is 13.6 Å². The summed E-state index contributed by atoms with van der Waals surface area (Å²) in [4.78, 5) is 12.7. The third-order valence-corrected chi connectivity index (χ3v) is 1.23. The van der Waals surface area contributed by atoms with Crippen LogP contribution in [0.2, 0.25) is 0 Å². The van der Waals surface area contributed by atoms with Gasteiger partial charge in [0, 0.05) is 13.6 Å². The minimum absolute atomic E-state index is 0.139. The summed E-state index contributed by atoms with van der Waals surface area (Å²) in [7, 11) is 1.75. The summed E-state index contributed by atoms with van der Waals surface area (Å²) < 4.78 is 0. The summed E-state index contributed by atoms with van der Waals surface area (Å²) in [5, 5.41) is 3.97. The van der Waals surface area contributed by atoms with E-state index in [0.717, 1.165) is 0 Å². The Balaban J connectivity index is 3.88. The Labute approximate surface area is 68.8 Å². The summed E-state index contributed by atoms with van der Waals surface area (Å²) in [5.74, 6) is 0. The first-order chi connectivity index (χ1) is 4.87. The largest absolute Gasteiger partial charge is 0.339 e. The first kappa shape index (κ1) is 10.3. The van der Waals surface area contributed by atoms with Gasteiger partial charge in [-0.3, -0.25) is 0 Å². The van der Waals surface area contributed by atoms with Crippen LogP contribution in [0, 0.1) is 0 Å². The molecule has 0 saturated carbocycles. The minimum atomic E-state index is -0.263. The molecular formula is C8H17N2O. The Morgan fingerprint density at radius 1 is 1.45 bits per heavy atom. The topological polar surface area (TPSA) is 34.4 Å². The molecule has 0 heterocycles. The number of urea groups is 1. The lowest BCUT2D eigenvalue weighted by Crippen LogP contribution is -2.41. The molecule has 0 saturated heterocycles. The molecule has 0 aromatic rings. The van der Waals surface area contributed by atoms with E-state index in [1.807, 2.05) is 27.7 Å². The molecule has 0 bridgehead atoms. The lowest BCUT2D eigenvalue weighted by molar-refractivity contribution is 0.200. The Bertz CT molecular complexity index is 138. The smallest absolute Gasteiger partial charge is 0.327 e. The first-order valence-corrected chi connectivity index (χ1v) is 3.85. The highest BCUT2D eigenvalue weighted by molar-refractivity contribution is 5.74. The van der Waals surface area contributed by atoms with Gasteiger partial charge in [-0.1, -0.05) is 0 Å². The normalized spacial score (nSPS) is 11.0. The van der Waals surface area contributed by atoms with Crippen molar-refractivity contribution >= 4 is 6.03 Å². The highest BCUT2D eigenvalue weighted by atomic mass is 16.2. The van der Waals surface area contributed by atoms with E-state index in [9.17, 15) is 4.79 Å². The summed E-state index contributed by atoms with van der Waals surface area (Å²) in [6.07, 6.45) is 0. The van der Waals surface area contributed by atoms with E-state index in [0.29, 0.717) is 6.54 Å². The Kier molecular flexibility index (Phi) is 3.36. The number of rotatable bonds is 1. The van der Waals surface area contributed by atoms with Crippen LogP contribution in [0.25, 0.3) is 0 Å². The quantitative estimate of drug-likeness (QED) is 0.567. The van der Waals surface area contributed by atoms with Crippen molar-refractivity contribution in [3.63, 3.8) is 0 Å². The van der Waals surface area contributed by atoms with Gasteiger partial charge in [0.2, 0.25) is 0 Å². The van der Waals surface area contributed by atoms with E-state index in [2.05, 4.69) is 5.32 Å². The summed E-state index contributed by atoms with van der Waals surface area (Å²) >= 11 is 0. The van der Waals surface area contributed by atoms with Crippen LogP contribution in [0.15, 0.2) is 0 Å². The number of nitrogens with zero attached hydrogens (tertiary/aromatic N) is 2. The van der Waals surface area contributed by atoms with E-state index >= 15 is 0 Å². The molecule has 0 spiro atoms. The Morgan fingerprint density at radius 2 is 1.91 bits per heavy atom. The molecule has 1 radical (unpaired) electrons. The van der Waals surface area contributed by atoms with Gasteiger partial charge in [-0.25, -0.2) is 10.1 Å². The maximum Gasteiger partial charge on any atom is 0.339 e. The van der Waals surface area contributed by atoms with Crippen LogP contribution in [-0.4, -0.2) is 30.1 Å². The van der Waals surface area contributed by atoms with Crippen LogP contribution in [0.3, 0.4) is 0 Å². The Morgan fingerprint density at radius 3 is 2.18 bits per heavy atom. The first-order valence-electron chi connectivity index (χ1n) is 3.85. The van der Waals surface area contributed by atoms with Gasteiger partial charge >= 0.3 is 6.03 Å². The van der Waals surface area contributed by atoms with Crippen molar-refractivity contribution in [1.82, 2.24) is 10.2 Å². The molecule has 0 fully saturated rings. The number of amides is 2. The molecular weight excluding hydrogens is 140 g/mol. The average molecular weight is 157 g/mol. The van der Waals surface area contributed by atoms with Gasteiger partial charge in [0.25, 0.3) is 0 Å². The number of carbonyl (C=O) groups is 1. The van der Waals surface area contributed by atoms with E-state index in [4.69, 9.17) is 0 Å². The van der Waals surface area contributed by atoms with Crippen LogP contribution >= 0.6 is 0 Å². The van der Waals surface area contributed by atoms with Crippen LogP contribution in [-0.2, 0) is 0 Å². The molecule has 0 aromatic heterocycles. The van der Waals surface area contributed by atoms with Gasteiger partial charge in [-0.05, 0) is 27.7 Å².